The molecule has 1 saturated heterocycles. The Morgan fingerprint density at radius 1 is 1.45 bits per heavy atom. The first-order chi connectivity index (χ1) is 10.6. The van der Waals surface area contributed by atoms with Gasteiger partial charge in [-0.25, -0.2) is 15.0 Å². The van der Waals surface area contributed by atoms with Gasteiger partial charge in [-0.3, -0.25) is 4.57 Å². The smallest absolute Gasteiger partial charge is 0.207 e. The van der Waals surface area contributed by atoms with Gasteiger partial charge in [0.25, 0.3) is 0 Å². The number of hydrogen-bond acceptors (Lipinski definition) is 7. The van der Waals surface area contributed by atoms with Crippen molar-refractivity contribution in [3.05, 3.63) is 6.33 Å². The van der Waals surface area contributed by atoms with E-state index in [9.17, 15) is 5.11 Å². The summed E-state index contributed by atoms with van der Waals surface area (Å²) in [6, 6.07) is 0. The lowest BCUT2D eigenvalue weighted by atomic mass is 10.2. The van der Waals surface area contributed by atoms with Crippen molar-refractivity contribution in [3.63, 3.8) is 0 Å². The van der Waals surface area contributed by atoms with Crippen LogP contribution in [0, 0.1) is 5.92 Å². The second-order valence-electron chi connectivity index (χ2n) is 5.98. The molecule has 22 heavy (non-hydrogen) atoms. The third-order valence-electron chi connectivity index (χ3n) is 3.75. The van der Waals surface area contributed by atoms with E-state index in [4.69, 9.17) is 10.5 Å². The summed E-state index contributed by atoms with van der Waals surface area (Å²) in [5.74, 6) is 1.51. The van der Waals surface area contributed by atoms with Gasteiger partial charge in [-0.1, -0.05) is 13.8 Å². The summed E-state index contributed by atoms with van der Waals surface area (Å²) in [7, 11) is 0. The standard InChI is InChI=1S/C14H22N6O2/c1-8(2)5-16-14-19-11-12(15)17-7-18-13(11)20(14)10-4-3-9(6-21)22-10/h7-10,21H,3-6H2,1-2H3,(H,16,19)(H2,15,17,18). The molecule has 0 aromatic carbocycles. The molecule has 8 heteroatoms. The lowest BCUT2D eigenvalue weighted by Gasteiger charge is -2.18. The first-order valence-corrected chi connectivity index (χ1v) is 7.58. The van der Waals surface area contributed by atoms with E-state index in [0.29, 0.717) is 28.8 Å². The molecule has 8 nitrogen and oxygen atoms in total. The molecule has 3 rings (SSSR count). The minimum absolute atomic E-state index is 0.0228. The summed E-state index contributed by atoms with van der Waals surface area (Å²) in [5.41, 5.74) is 7.14. The van der Waals surface area contributed by atoms with E-state index < -0.39 is 0 Å². The number of imidazole rings is 1. The highest BCUT2D eigenvalue weighted by atomic mass is 16.5. The van der Waals surface area contributed by atoms with Crippen LogP contribution in [0.15, 0.2) is 6.33 Å². The number of anilines is 2. The fraction of sp³-hybridized carbons (Fsp3) is 0.643. The molecule has 2 aromatic heterocycles. The van der Waals surface area contributed by atoms with Gasteiger partial charge in [0.2, 0.25) is 5.95 Å². The highest BCUT2D eigenvalue weighted by Gasteiger charge is 2.30. The third kappa shape index (κ3) is 2.71. The van der Waals surface area contributed by atoms with Crippen LogP contribution in [-0.2, 0) is 4.74 Å². The van der Waals surface area contributed by atoms with Crippen LogP contribution >= 0.6 is 0 Å². The van der Waals surface area contributed by atoms with Crippen molar-refractivity contribution in [3.8, 4) is 0 Å². The molecule has 3 heterocycles. The maximum absolute atomic E-state index is 9.27. The zero-order valence-corrected chi connectivity index (χ0v) is 12.9. The molecular weight excluding hydrogens is 284 g/mol. The molecule has 0 radical (unpaired) electrons. The summed E-state index contributed by atoms with van der Waals surface area (Å²) in [4.78, 5) is 12.8. The highest BCUT2D eigenvalue weighted by molar-refractivity contribution is 5.84. The van der Waals surface area contributed by atoms with Gasteiger partial charge in [0.15, 0.2) is 17.0 Å². The Kier molecular flexibility index (Phi) is 4.12. The lowest BCUT2D eigenvalue weighted by Crippen LogP contribution is -2.18. The summed E-state index contributed by atoms with van der Waals surface area (Å²) in [6.45, 7) is 5.06. The minimum Gasteiger partial charge on any atom is -0.394 e. The molecule has 1 aliphatic heterocycles. The van der Waals surface area contributed by atoms with E-state index in [-0.39, 0.29) is 18.9 Å². The second kappa shape index (κ2) is 6.05. The Labute approximate surface area is 128 Å². The topological polar surface area (TPSA) is 111 Å². The van der Waals surface area contributed by atoms with E-state index in [0.717, 1.165) is 19.4 Å². The zero-order chi connectivity index (χ0) is 15.7. The number of nitrogen functional groups attached to an aromatic ring is 1. The monoisotopic (exact) mass is 306 g/mol. The van der Waals surface area contributed by atoms with E-state index in [2.05, 4.69) is 34.1 Å². The maximum atomic E-state index is 9.27. The minimum atomic E-state index is -0.203. The van der Waals surface area contributed by atoms with Crippen molar-refractivity contribution in [2.24, 2.45) is 5.92 Å². The van der Waals surface area contributed by atoms with Crippen molar-refractivity contribution >= 4 is 22.9 Å². The van der Waals surface area contributed by atoms with Gasteiger partial charge in [0.05, 0.1) is 12.7 Å². The molecule has 0 spiro atoms. The van der Waals surface area contributed by atoms with Crippen molar-refractivity contribution < 1.29 is 9.84 Å². The van der Waals surface area contributed by atoms with Crippen molar-refractivity contribution in [2.75, 3.05) is 24.2 Å². The van der Waals surface area contributed by atoms with Gasteiger partial charge in [-0.15, -0.1) is 0 Å². The molecule has 1 fully saturated rings. The number of nitrogens with one attached hydrogen (secondary N) is 1. The Morgan fingerprint density at radius 2 is 2.27 bits per heavy atom. The van der Waals surface area contributed by atoms with E-state index in [1.54, 1.807) is 0 Å². The second-order valence-corrected chi connectivity index (χ2v) is 5.98. The summed E-state index contributed by atoms with van der Waals surface area (Å²) in [5, 5.41) is 12.6. The fourth-order valence-corrected chi connectivity index (χ4v) is 2.63. The molecule has 2 unspecified atom stereocenters. The number of aromatic nitrogens is 4. The fourth-order valence-electron chi connectivity index (χ4n) is 2.63. The SMILES string of the molecule is CC(C)CNc1nc2c(N)ncnc2n1C1CCC(CO)O1. The van der Waals surface area contributed by atoms with Gasteiger partial charge >= 0.3 is 0 Å². The summed E-state index contributed by atoms with van der Waals surface area (Å²) < 4.78 is 7.80. The number of aliphatic hydroxyl groups is 1. The molecule has 2 aromatic rings. The van der Waals surface area contributed by atoms with Crippen LogP contribution in [0.2, 0.25) is 0 Å². The third-order valence-corrected chi connectivity index (χ3v) is 3.75. The van der Waals surface area contributed by atoms with Crippen LogP contribution < -0.4 is 11.1 Å². The molecule has 120 valence electrons. The quantitative estimate of drug-likeness (QED) is 0.759. The van der Waals surface area contributed by atoms with Crippen LogP contribution in [-0.4, -0.2) is 43.9 Å². The number of nitrogens with two attached hydrogens (primary N) is 1. The summed E-state index contributed by atoms with van der Waals surface area (Å²) >= 11 is 0. The van der Waals surface area contributed by atoms with Crippen LogP contribution in [0.3, 0.4) is 0 Å². The maximum Gasteiger partial charge on any atom is 0.207 e. The number of hydrogen-bond donors (Lipinski definition) is 3. The molecule has 1 aliphatic rings. The Bertz CT molecular complexity index is 656. The molecule has 4 N–H and O–H groups in total. The van der Waals surface area contributed by atoms with Crippen molar-refractivity contribution in [2.45, 2.75) is 39.0 Å². The number of ether oxygens (including phenoxy) is 1. The average molecular weight is 306 g/mol. The van der Waals surface area contributed by atoms with Crippen LogP contribution in [0.1, 0.15) is 32.9 Å². The predicted octanol–water partition coefficient (Wildman–Crippen LogP) is 1.15. The predicted molar refractivity (Wildman–Crippen MR) is 83.3 cm³/mol. The van der Waals surface area contributed by atoms with Gasteiger partial charge < -0.3 is 20.9 Å². The van der Waals surface area contributed by atoms with E-state index >= 15 is 0 Å². The number of nitrogens with zero attached hydrogens (tertiary/aromatic N) is 4. The normalized spacial score (nSPS) is 21.8. The average Bonchev–Trinajstić information content (AvgIpc) is 3.09. The van der Waals surface area contributed by atoms with Gasteiger partial charge in [-0.2, -0.15) is 0 Å². The van der Waals surface area contributed by atoms with Gasteiger partial charge in [0, 0.05) is 6.54 Å². The van der Waals surface area contributed by atoms with Gasteiger partial charge in [0.1, 0.15) is 12.6 Å². The Hall–Kier alpha value is -1.93. The van der Waals surface area contributed by atoms with E-state index in [1.165, 1.54) is 6.33 Å². The number of fused-ring (bicyclic) bond motifs is 1. The van der Waals surface area contributed by atoms with Crippen molar-refractivity contribution in [1.82, 2.24) is 19.5 Å². The number of rotatable bonds is 5. The highest BCUT2D eigenvalue weighted by Crippen LogP contribution is 2.34. The first-order valence-electron chi connectivity index (χ1n) is 7.58. The van der Waals surface area contributed by atoms with Gasteiger partial charge in [-0.05, 0) is 18.8 Å². The van der Waals surface area contributed by atoms with Crippen LogP contribution in [0.4, 0.5) is 11.8 Å². The van der Waals surface area contributed by atoms with E-state index in [1.807, 2.05) is 4.57 Å². The zero-order valence-electron chi connectivity index (χ0n) is 12.9. The number of aliphatic hydroxyl groups excluding tert-OH is 1. The Balaban J connectivity index is 2.01. The lowest BCUT2D eigenvalue weighted by molar-refractivity contribution is -0.0197. The molecular formula is C14H22N6O2. The van der Waals surface area contributed by atoms with Crippen LogP contribution in [0.5, 0.6) is 0 Å². The largest absolute Gasteiger partial charge is 0.394 e. The molecule has 2 atom stereocenters. The molecule has 0 saturated carbocycles. The van der Waals surface area contributed by atoms with Crippen molar-refractivity contribution in [1.29, 1.82) is 0 Å². The molecule has 0 amide bonds. The first kappa shape index (κ1) is 15.0. The molecule has 0 aliphatic carbocycles. The van der Waals surface area contributed by atoms with Crippen LogP contribution in [0.25, 0.3) is 11.2 Å². The summed E-state index contributed by atoms with van der Waals surface area (Å²) in [6.07, 6.45) is 2.70. The Morgan fingerprint density at radius 3 is 2.95 bits per heavy atom. The molecule has 0 bridgehead atoms.